The lowest BCUT2D eigenvalue weighted by atomic mass is 9.93. The van der Waals surface area contributed by atoms with Gasteiger partial charge in [0.25, 0.3) is 5.91 Å². The number of ether oxygens (including phenoxy) is 1. The summed E-state index contributed by atoms with van der Waals surface area (Å²) in [5.74, 6) is 0.743. The van der Waals surface area contributed by atoms with Crippen LogP contribution in [-0.4, -0.2) is 36.1 Å². The Balaban J connectivity index is 1.52. The fourth-order valence-electron chi connectivity index (χ4n) is 3.81. The summed E-state index contributed by atoms with van der Waals surface area (Å²) >= 11 is 0. The summed E-state index contributed by atoms with van der Waals surface area (Å²) in [6.45, 7) is 0.850. The van der Waals surface area contributed by atoms with Gasteiger partial charge in [0.05, 0.1) is 13.7 Å². The summed E-state index contributed by atoms with van der Waals surface area (Å²) in [7, 11) is 1.65. The molecular weight excluding hydrogens is 350 g/mol. The van der Waals surface area contributed by atoms with E-state index in [4.69, 9.17) is 4.74 Å². The van der Waals surface area contributed by atoms with Crippen LogP contribution in [0, 0.1) is 0 Å². The van der Waals surface area contributed by atoms with Crippen LogP contribution in [0.15, 0.2) is 78.9 Å². The second kappa shape index (κ2) is 7.49. The van der Waals surface area contributed by atoms with E-state index >= 15 is 0 Å². The van der Waals surface area contributed by atoms with E-state index in [9.17, 15) is 9.90 Å². The molecule has 3 aromatic rings. The molecule has 4 rings (SSSR count). The molecule has 142 valence electrons. The summed E-state index contributed by atoms with van der Waals surface area (Å²) in [6.07, 6.45) is 0.544. The van der Waals surface area contributed by atoms with Crippen molar-refractivity contribution in [3.8, 4) is 16.9 Å². The molecule has 1 saturated heterocycles. The van der Waals surface area contributed by atoms with Crippen LogP contribution in [0.3, 0.4) is 0 Å². The van der Waals surface area contributed by atoms with Gasteiger partial charge in [-0.05, 0) is 35.7 Å². The molecule has 0 bridgehead atoms. The first-order valence-corrected chi connectivity index (χ1v) is 9.41. The molecule has 0 aromatic heterocycles. The fraction of sp³-hybridized carbons (Fsp3) is 0.208. The number of amides is 1. The highest BCUT2D eigenvalue weighted by Gasteiger charge is 2.39. The van der Waals surface area contributed by atoms with Crippen molar-refractivity contribution in [2.75, 3.05) is 20.2 Å². The second-order valence-electron chi connectivity index (χ2n) is 7.15. The van der Waals surface area contributed by atoms with Crippen molar-refractivity contribution in [3.05, 3.63) is 90.0 Å². The van der Waals surface area contributed by atoms with E-state index < -0.39 is 5.60 Å². The van der Waals surface area contributed by atoms with E-state index in [2.05, 4.69) is 0 Å². The third-order valence-corrected chi connectivity index (χ3v) is 5.40. The molecular formula is C24H23NO3. The van der Waals surface area contributed by atoms with Crippen molar-refractivity contribution in [1.82, 2.24) is 4.90 Å². The van der Waals surface area contributed by atoms with E-state index in [1.807, 2.05) is 78.9 Å². The van der Waals surface area contributed by atoms with Crippen LogP contribution in [0.5, 0.6) is 5.75 Å². The Morgan fingerprint density at radius 3 is 2.36 bits per heavy atom. The normalized spacial score (nSPS) is 18.9. The number of likely N-dealkylation sites (tertiary alicyclic amines) is 1. The molecule has 1 fully saturated rings. The quantitative estimate of drug-likeness (QED) is 0.749. The first-order chi connectivity index (χ1) is 13.6. The third-order valence-electron chi connectivity index (χ3n) is 5.40. The van der Waals surface area contributed by atoms with Crippen LogP contribution in [0.1, 0.15) is 22.3 Å². The summed E-state index contributed by atoms with van der Waals surface area (Å²) in [6, 6.07) is 24.9. The minimum absolute atomic E-state index is 0.0570. The van der Waals surface area contributed by atoms with Crippen LogP contribution in [0.4, 0.5) is 0 Å². The Labute approximate surface area is 165 Å². The molecule has 4 heteroatoms. The SMILES string of the molecule is COc1ccccc1-c1ccc(C(=O)N2CC[C@](O)(c3ccccc3)C2)cc1. The van der Waals surface area contributed by atoms with Gasteiger partial charge in [0.15, 0.2) is 0 Å². The van der Waals surface area contributed by atoms with E-state index in [0.717, 1.165) is 22.4 Å². The molecule has 1 N–H and O–H groups in total. The number of aliphatic hydroxyl groups is 1. The van der Waals surface area contributed by atoms with Crippen molar-refractivity contribution in [1.29, 1.82) is 0 Å². The Hall–Kier alpha value is -3.11. The van der Waals surface area contributed by atoms with Crippen molar-refractivity contribution < 1.29 is 14.6 Å². The van der Waals surface area contributed by atoms with Gasteiger partial charge in [-0.2, -0.15) is 0 Å². The molecule has 3 aromatic carbocycles. The number of hydrogen-bond acceptors (Lipinski definition) is 3. The summed E-state index contributed by atoms with van der Waals surface area (Å²) < 4.78 is 5.42. The topological polar surface area (TPSA) is 49.8 Å². The third kappa shape index (κ3) is 3.39. The lowest BCUT2D eigenvalue weighted by molar-refractivity contribution is 0.0417. The molecule has 4 nitrogen and oxygen atoms in total. The molecule has 0 radical (unpaired) electrons. The maximum absolute atomic E-state index is 12.9. The molecule has 1 amide bonds. The first-order valence-electron chi connectivity index (χ1n) is 9.41. The molecule has 1 aliphatic rings. The summed E-state index contributed by atoms with van der Waals surface area (Å²) in [5.41, 5.74) is 2.49. The average molecular weight is 373 g/mol. The maximum Gasteiger partial charge on any atom is 0.253 e. The molecule has 1 heterocycles. The van der Waals surface area contributed by atoms with Gasteiger partial charge in [-0.25, -0.2) is 0 Å². The number of carbonyl (C=O) groups excluding carboxylic acids is 1. The van der Waals surface area contributed by atoms with Gasteiger partial charge >= 0.3 is 0 Å². The Kier molecular flexibility index (Phi) is 4.88. The number of β-amino-alcohol motifs (C(OH)–C–C–N with tert-alkyl or cyclic N) is 1. The van der Waals surface area contributed by atoms with Gasteiger partial charge in [-0.1, -0.05) is 60.7 Å². The number of rotatable bonds is 4. The highest BCUT2D eigenvalue weighted by Crippen LogP contribution is 2.33. The van der Waals surface area contributed by atoms with Crippen molar-refractivity contribution in [2.24, 2.45) is 0 Å². The van der Waals surface area contributed by atoms with Gasteiger partial charge in [0, 0.05) is 17.7 Å². The zero-order valence-corrected chi connectivity index (χ0v) is 15.8. The number of carbonyl (C=O) groups is 1. The molecule has 0 aliphatic carbocycles. The van der Waals surface area contributed by atoms with Crippen LogP contribution in [-0.2, 0) is 5.60 Å². The predicted molar refractivity (Wildman–Crippen MR) is 109 cm³/mol. The Morgan fingerprint density at radius 2 is 1.64 bits per heavy atom. The predicted octanol–water partition coefficient (Wildman–Crippen LogP) is 4.10. The molecule has 0 spiro atoms. The van der Waals surface area contributed by atoms with E-state index in [-0.39, 0.29) is 5.91 Å². The van der Waals surface area contributed by atoms with Gasteiger partial charge in [-0.15, -0.1) is 0 Å². The number of benzene rings is 3. The van der Waals surface area contributed by atoms with Gasteiger partial charge in [-0.3, -0.25) is 4.79 Å². The minimum Gasteiger partial charge on any atom is -0.496 e. The maximum atomic E-state index is 12.9. The largest absolute Gasteiger partial charge is 0.496 e. The monoisotopic (exact) mass is 373 g/mol. The summed E-state index contributed by atoms with van der Waals surface area (Å²) in [5, 5.41) is 11.0. The lowest BCUT2D eigenvalue weighted by Gasteiger charge is -2.24. The number of hydrogen-bond donors (Lipinski definition) is 1. The fourth-order valence-corrected chi connectivity index (χ4v) is 3.81. The van der Waals surface area contributed by atoms with Crippen LogP contribution in [0.25, 0.3) is 11.1 Å². The lowest BCUT2D eigenvalue weighted by Crippen LogP contribution is -2.34. The highest BCUT2D eigenvalue weighted by molar-refractivity contribution is 5.95. The second-order valence-corrected chi connectivity index (χ2v) is 7.15. The Bertz CT molecular complexity index is 969. The smallest absolute Gasteiger partial charge is 0.253 e. The highest BCUT2D eigenvalue weighted by atomic mass is 16.5. The van der Waals surface area contributed by atoms with Crippen LogP contribution < -0.4 is 4.74 Å². The first kappa shape index (κ1) is 18.3. The van der Waals surface area contributed by atoms with Crippen molar-refractivity contribution in [3.63, 3.8) is 0 Å². The van der Waals surface area contributed by atoms with Gasteiger partial charge in [0.2, 0.25) is 0 Å². The van der Waals surface area contributed by atoms with Crippen LogP contribution >= 0.6 is 0 Å². The minimum atomic E-state index is -0.978. The Morgan fingerprint density at radius 1 is 0.964 bits per heavy atom. The molecule has 1 atom stereocenters. The number of para-hydroxylation sites is 1. The zero-order chi connectivity index (χ0) is 19.6. The zero-order valence-electron chi connectivity index (χ0n) is 15.8. The standard InChI is InChI=1S/C24H23NO3/c1-28-22-10-6-5-9-21(22)18-11-13-19(14-12-18)23(26)25-16-15-24(27,17-25)20-7-3-2-4-8-20/h2-14,27H,15-17H2,1H3/t24-/m1/s1. The molecule has 0 unspecified atom stereocenters. The number of nitrogens with zero attached hydrogens (tertiary/aromatic N) is 1. The van der Waals surface area contributed by atoms with Gasteiger partial charge < -0.3 is 14.7 Å². The molecule has 0 saturated carbocycles. The van der Waals surface area contributed by atoms with E-state index in [1.54, 1.807) is 12.0 Å². The summed E-state index contributed by atoms with van der Waals surface area (Å²) in [4.78, 5) is 14.7. The molecule has 1 aliphatic heterocycles. The van der Waals surface area contributed by atoms with Crippen molar-refractivity contribution in [2.45, 2.75) is 12.0 Å². The number of methoxy groups -OCH3 is 1. The van der Waals surface area contributed by atoms with E-state index in [0.29, 0.717) is 25.1 Å². The average Bonchev–Trinajstić information content (AvgIpc) is 3.17. The van der Waals surface area contributed by atoms with Gasteiger partial charge in [0.1, 0.15) is 11.4 Å². The van der Waals surface area contributed by atoms with Crippen molar-refractivity contribution >= 4 is 5.91 Å². The van der Waals surface area contributed by atoms with E-state index in [1.165, 1.54) is 0 Å². The van der Waals surface area contributed by atoms with Crippen LogP contribution in [0.2, 0.25) is 0 Å². The molecule has 28 heavy (non-hydrogen) atoms.